The Labute approximate surface area is 223 Å². The number of ether oxygens (including phenoxy) is 1. The van der Waals surface area contributed by atoms with Gasteiger partial charge in [0, 0.05) is 47.5 Å². The van der Waals surface area contributed by atoms with E-state index in [0.29, 0.717) is 18.0 Å². The monoisotopic (exact) mass is 519 g/mol. The van der Waals surface area contributed by atoms with Gasteiger partial charge in [0.1, 0.15) is 29.5 Å². The molecule has 5 aromatic heterocycles. The molecule has 0 atom stereocenters. The highest BCUT2D eigenvalue weighted by atomic mass is 19.1. The molecule has 0 radical (unpaired) electrons. The van der Waals surface area contributed by atoms with Crippen molar-refractivity contribution in [3.05, 3.63) is 79.1 Å². The average molecular weight is 520 g/mol. The summed E-state index contributed by atoms with van der Waals surface area (Å²) in [6.07, 6.45) is 9.50. The zero-order chi connectivity index (χ0) is 26.2. The predicted octanol–water partition coefficient (Wildman–Crippen LogP) is 5.84. The molecule has 1 aliphatic rings. The summed E-state index contributed by atoms with van der Waals surface area (Å²) in [5.41, 5.74) is 6.42. The Morgan fingerprint density at radius 1 is 0.923 bits per heavy atom. The van der Waals surface area contributed by atoms with E-state index < -0.39 is 0 Å². The van der Waals surface area contributed by atoms with Crippen LogP contribution in [0.3, 0.4) is 0 Å². The van der Waals surface area contributed by atoms with Gasteiger partial charge < -0.3 is 9.72 Å². The first kappa shape index (κ1) is 23.5. The standard InChI is InChI=1S/C30H26FN7O/c31-21-12-20(13-22(14-21)39-11-10-38-8-1-2-9-38)23-5-7-33-30-24(23)15-27(35-30)29-25-16-26(19-4-3-6-32-17-19)34-18-28(25)36-37-29/h3-7,12-18H,1-2,8-11H2,(H,33,35)(H,36,37). The number of H-pyrrole nitrogens is 2. The van der Waals surface area contributed by atoms with Gasteiger partial charge in [0.2, 0.25) is 0 Å². The van der Waals surface area contributed by atoms with Gasteiger partial charge in [-0.1, -0.05) is 0 Å². The van der Waals surface area contributed by atoms with Gasteiger partial charge in [-0.2, -0.15) is 5.10 Å². The molecule has 1 aliphatic heterocycles. The Morgan fingerprint density at radius 2 is 1.85 bits per heavy atom. The molecule has 7 rings (SSSR count). The van der Waals surface area contributed by atoms with Gasteiger partial charge in [-0.05, 0) is 79.5 Å². The summed E-state index contributed by atoms with van der Waals surface area (Å²) in [7, 11) is 0. The first-order valence-electron chi connectivity index (χ1n) is 13.1. The molecule has 9 heteroatoms. The SMILES string of the molecule is Fc1cc(OCCN2CCCC2)cc(-c2ccnc3[nH]c(-c4n[nH]c5cnc(-c6cccnc6)cc45)cc23)c1. The van der Waals surface area contributed by atoms with E-state index >= 15 is 0 Å². The number of likely N-dealkylation sites (tertiary alicyclic amines) is 1. The largest absolute Gasteiger partial charge is 0.492 e. The van der Waals surface area contributed by atoms with Crippen LogP contribution < -0.4 is 4.74 Å². The van der Waals surface area contributed by atoms with Crippen LogP contribution in [0.5, 0.6) is 5.75 Å². The first-order chi connectivity index (χ1) is 19.2. The fourth-order valence-electron chi connectivity index (χ4n) is 5.30. The number of nitrogens with one attached hydrogen (secondary N) is 2. The number of nitrogens with zero attached hydrogens (tertiary/aromatic N) is 5. The summed E-state index contributed by atoms with van der Waals surface area (Å²) in [4.78, 5) is 19.1. The Balaban J connectivity index is 1.23. The minimum atomic E-state index is -0.335. The van der Waals surface area contributed by atoms with Crippen molar-refractivity contribution in [1.82, 2.24) is 35.0 Å². The number of aromatic amines is 2. The first-order valence-corrected chi connectivity index (χ1v) is 13.1. The lowest BCUT2D eigenvalue weighted by molar-refractivity contribution is 0.237. The smallest absolute Gasteiger partial charge is 0.138 e. The zero-order valence-electron chi connectivity index (χ0n) is 21.2. The summed E-state index contributed by atoms with van der Waals surface area (Å²) in [6, 6.07) is 14.6. The van der Waals surface area contributed by atoms with Crippen LogP contribution in [-0.4, -0.2) is 61.3 Å². The molecule has 1 aromatic carbocycles. The van der Waals surface area contributed by atoms with Crippen molar-refractivity contribution in [2.24, 2.45) is 0 Å². The van der Waals surface area contributed by atoms with Gasteiger partial charge in [-0.3, -0.25) is 20.0 Å². The molecule has 6 aromatic rings. The number of aromatic nitrogens is 6. The number of rotatable bonds is 7. The second-order valence-electron chi connectivity index (χ2n) is 9.81. The summed E-state index contributed by atoms with van der Waals surface area (Å²) < 4.78 is 20.6. The van der Waals surface area contributed by atoms with E-state index in [9.17, 15) is 4.39 Å². The number of pyridine rings is 3. The molecule has 0 unspecified atom stereocenters. The van der Waals surface area contributed by atoms with Gasteiger partial charge >= 0.3 is 0 Å². The van der Waals surface area contributed by atoms with E-state index in [4.69, 9.17) is 4.74 Å². The van der Waals surface area contributed by atoms with Crippen molar-refractivity contribution >= 4 is 21.9 Å². The molecule has 6 heterocycles. The fourth-order valence-corrected chi connectivity index (χ4v) is 5.30. The third-order valence-corrected chi connectivity index (χ3v) is 7.25. The number of fused-ring (bicyclic) bond motifs is 2. The second-order valence-corrected chi connectivity index (χ2v) is 9.81. The summed E-state index contributed by atoms with van der Waals surface area (Å²) >= 11 is 0. The molecule has 0 amide bonds. The van der Waals surface area contributed by atoms with Gasteiger partial charge in [0.05, 0.1) is 23.1 Å². The normalized spacial score (nSPS) is 14.0. The Morgan fingerprint density at radius 3 is 2.72 bits per heavy atom. The third-order valence-electron chi connectivity index (χ3n) is 7.25. The molecular weight excluding hydrogens is 493 g/mol. The maximum absolute atomic E-state index is 14.7. The number of halogens is 1. The molecule has 1 fully saturated rings. The van der Waals surface area contributed by atoms with Crippen LogP contribution in [-0.2, 0) is 0 Å². The van der Waals surface area contributed by atoms with Crippen molar-refractivity contribution in [2.45, 2.75) is 12.8 Å². The van der Waals surface area contributed by atoms with Crippen LogP contribution in [0.25, 0.3) is 55.7 Å². The third kappa shape index (κ3) is 4.61. The van der Waals surface area contributed by atoms with Gasteiger partial charge in [0.25, 0.3) is 0 Å². The summed E-state index contributed by atoms with van der Waals surface area (Å²) in [5, 5.41) is 9.44. The van der Waals surface area contributed by atoms with E-state index in [1.54, 1.807) is 24.8 Å². The van der Waals surface area contributed by atoms with E-state index in [2.05, 4.69) is 35.0 Å². The lowest BCUT2D eigenvalue weighted by Gasteiger charge is -2.15. The molecule has 0 saturated carbocycles. The number of hydrogen-bond acceptors (Lipinski definition) is 6. The van der Waals surface area contributed by atoms with Crippen molar-refractivity contribution in [1.29, 1.82) is 0 Å². The number of benzene rings is 1. The average Bonchev–Trinajstić information content (AvgIpc) is 3.72. The molecule has 1 saturated heterocycles. The highest BCUT2D eigenvalue weighted by molar-refractivity contribution is 6.00. The Kier molecular flexibility index (Phi) is 5.97. The van der Waals surface area contributed by atoms with E-state index in [1.807, 2.05) is 36.4 Å². The van der Waals surface area contributed by atoms with Crippen LogP contribution in [0.4, 0.5) is 4.39 Å². The van der Waals surface area contributed by atoms with Crippen LogP contribution in [0.2, 0.25) is 0 Å². The topological polar surface area (TPSA) is 95.6 Å². The lowest BCUT2D eigenvalue weighted by Crippen LogP contribution is -2.25. The second kappa shape index (κ2) is 9.92. The zero-order valence-corrected chi connectivity index (χ0v) is 21.2. The quantitative estimate of drug-likeness (QED) is 0.275. The summed E-state index contributed by atoms with van der Waals surface area (Å²) in [6.45, 7) is 3.59. The maximum Gasteiger partial charge on any atom is 0.138 e. The van der Waals surface area contributed by atoms with E-state index in [-0.39, 0.29) is 5.82 Å². The van der Waals surface area contributed by atoms with Gasteiger partial charge in [-0.25, -0.2) is 9.37 Å². The molecule has 194 valence electrons. The fraction of sp³-hybridized carbons (Fsp3) is 0.200. The molecule has 0 spiro atoms. The van der Waals surface area contributed by atoms with Crippen molar-refractivity contribution in [3.8, 4) is 39.5 Å². The van der Waals surface area contributed by atoms with Crippen LogP contribution in [0, 0.1) is 5.82 Å². The Bertz CT molecular complexity index is 1770. The molecule has 39 heavy (non-hydrogen) atoms. The minimum absolute atomic E-state index is 0.335. The van der Waals surface area contributed by atoms with Crippen molar-refractivity contribution in [2.75, 3.05) is 26.2 Å². The molecule has 8 nitrogen and oxygen atoms in total. The van der Waals surface area contributed by atoms with Gasteiger partial charge in [0.15, 0.2) is 0 Å². The van der Waals surface area contributed by atoms with Crippen LogP contribution in [0.15, 0.2) is 73.3 Å². The maximum atomic E-state index is 14.7. The highest BCUT2D eigenvalue weighted by Gasteiger charge is 2.17. The molecule has 2 N–H and O–H groups in total. The van der Waals surface area contributed by atoms with E-state index in [0.717, 1.165) is 69.7 Å². The van der Waals surface area contributed by atoms with E-state index in [1.165, 1.54) is 25.0 Å². The van der Waals surface area contributed by atoms with Gasteiger partial charge in [-0.15, -0.1) is 0 Å². The highest BCUT2D eigenvalue weighted by Crippen LogP contribution is 2.35. The van der Waals surface area contributed by atoms with Crippen molar-refractivity contribution < 1.29 is 9.13 Å². The lowest BCUT2D eigenvalue weighted by atomic mass is 10.0. The molecule has 0 bridgehead atoms. The van der Waals surface area contributed by atoms with Crippen molar-refractivity contribution in [3.63, 3.8) is 0 Å². The minimum Gasteiger partial charge on any atom is -0.492 e. The molecular formula is C30H26FN7O. The number of hydrogen-bond donors (Lipinski definition) is 2. The molecule has 0 aliphatic carbocycles. The predicted molar refractivity (Wildman–Crippen MR) is 149 cm³/mol. The van der Waals surface area contributed by atoms with Crippen LogP contribution >= 0.6 is 0 Å². The Hall–Kier alpha value is -4.63. The van der Waals surface area contributed by atoms with Crippen LogP contribution in [0.1, 0.15) is 12.8 Å². The summed E-state index contributed by atoms with van der Waals surface area (Å²) in [5.74, 6) is 0.191.